The van der Waals surface area contributed by atoms with Gasteiger partial charge in [0.15, 0.2) is 0 Å². The van der Waals surface area contributed by atoms with Crippen molar-refractivity contribution >= 4 is 0 Å². The molecular formula is C15H30N2O. The Morgan fingerprint density at radius 2 is 2.06 bits per heavy atom. The highest BCUT2D eigenvalue weighted by Gasteiger charge is 2.41. The van der Waals surface area contributed by atoms with Crippen LogP contribution in [-0.4, -0.2) is 50.3 Å². The molecule has 0 radical (unpaired) electrons. The highest BCUT2D eigenvalue weighted by atomic mass is 16.5. The molecule has 0 spiro atoms. The van der Waals surface area contributed by atoms with Crippen LogP contribution in [0.15, 0.2) is 0 Å². The SMILES string of the molecule is CCNCC1CCC1N(CCOC)C(C)C1CC1. The number of hydrogen-bond donors (Lipinski definition) is 1. The zero-order valence-electron chi connectivity index (χ0n) is 12.3. The predicted octanol–water partition coefficient (Wildman–Crippen LogP) is 2.12. The van der Waals surface area contributed by atoms with E-state index >= 15 is 0 Å². The van der Waals surface area contributed by atoms with Crippen LogP contribution in [0.4, 0.5) is 0 Å². The molecule has 0 aromatic rings. The van der Waals surface area contributed by atoms with E-state index in [1.54, 1.807) is 0 Å². The van der Waals surface area contributed by atoms with Gasteiger partial charge in [0.05, 0.1) is 6.61 Å². The van der Waals surface area contributed by atoms with Gasteiger partial charge in [-0.25, -0.2) is 0 Å². The minimum Gasteiger partial charge on any atom is -0.383 e. The lowest BCUT2D eigenvalue weighted by Gasteiger charge is -2.47. The van der Waals surface area contributed by atoms with Gasteiger partial charge in [-0.2, -0.15) is 0 Å². The molecule has 2 aliphatic carbocycles. The zero-order chi connectivity index (χ0) is 13.0. The summed E-state index contributed by atoms with van der Waals surface area (Å²) in [6.45, 7) is 8.91. The molecule has 3 nitrogen and oxygen atoms in total. The first kappa shape index (κ1) is 14.3. The molecule has 2 rings (SSSR count). The third-order valence-electron chi connectivity index (χ3n) is 4.84. The summed E-state index contributed by atoms with van der Waals surface area (Å²) in [6.07, 6.45) is 5.67. The van der Waals surface area contributed by atoms with E-state index < -0.39 is 0 Å². The largest absolute Gasteiger partial charge is 0.383 e. The highest BCUT2D eigenvalue weighted by Crippen LogP contribution is 2.40. The van der Waals surface area contributed by atoms with Gasteiger partial charge in [0.2, 0.25) is 0 Å². The Hall–Kier alpha value is -0.120. The van der Waals surface area contributed by atoms with E-state index in [1.165, 1.54) is 32.2 Å². The maximum Gasteiger partial charge on any atom is 0.0589 e. The second-order valence-corrected chi connectivity index (χ2v) is 6.02. The quantitative estimate of drug-likeness (QED) is 0.682. The Balaban J connectivity index is 1.86. The standard InChI is InChI=1S/C15H30N2O/c1-4-16-11-14-7-8-15(14)17(9-10-18-3)12(2)13-5-6-13/h12-16H,4-11H2,1-3H3. The summed E-state index contributed by atoms with van der Waals surface area (Å²) < 4.78 is 5.30. The van der Waals surface area contributed by atoms with Crippen molar-refractivity contribution in [1.82, 2.24) is 10.2 Å². The molecule has 106 valence electrons. The predicted molar refractivity (Wildman–Crippen MR) is 75.8 cm³/mol. The second-order valence-electron chi connectivity index (χ2n) is 6.02. The molecule has 0 aromatic carbocycles. The molecule has 18 heavy (non-hydrogen) atoms. The fourth-order valence-electron chi connectivity index (χ4n) is 3.27. The molecule has 0 saturated heterocycles. The number of methoxy groups -OCH3 is 1. The van der Waals surface area contributed by atoms with Crippen molar-refractivity contribution < 1.29 is 4.74 Å². The average Bonchev–Trinajstić information content (AvgIpc) is 3.16. The van der Waals surface area contributed by atoms with Crippen LogP contribution in [0.25, 0.3) is 0 Å². The third-order valence-corrected chi connectivity index (χ3v) is 4.84. The van der Waals surface area contributed by atoms with Crippen LogP contribution in [0.3, 0.4) is 0 Å². The van der Waals surface area contributed by atoms with Crippen molar-refractivity contribution in [3.8, 4) is 0 Å². The van der Waals surface area contributed by atoms with Gasteiger partial charge in [0, 0.05) is 25.7 Å². The van der Waals surface area contributed by atoms with Crippen LogP contribution in [0.2, 0.25) is 0 Å². The Bertz CT molecular complexity index is 243. The molecule has 2 fully saturated rings. The fourth-order valence-corrected chi connectivity index (χ4v) is 3.27. The Kier molecular flexibility index (Phi) is 5.46. The van der Waals surface area contributed by atoms with E-state index in [1.807, 2.05) is 7.11 Å². The van der Waals surface area contributed by atoms with Gasteiger partial charge in [-0.05, 0) is 57.5 Å². The fraction of sp³-hybridized carbons (Fsp3) is 1.00. The number of nitrogens with one attached hydrogen (secondary N) is 1. The van der Waals surface area contributed by atoms with Crippen LogP contribution in [0.5, 0.6) is 0 Å². The van der Waals surface area contributed by atoms with E-state index in [4.69, 9.17) is 4.74 Å². The summed E-state index contributed by atoms with van der Waals surface area (Å²) >= 11 is 0. The summed E-state index contributed by atoms with van der Waals surface area (Å²) in [5, 5.41) is 3.52. The van der Waals surface area contributed by atoms with Crippen molar-refractivity contribution in [1.29, 1.82) is 0 Å². The van der Waals surface area contributed by atoms with Gasteiger partial charge in [-0.15, -0.1) is 0 Å². The second kappa shape index (κ2) is 6.88. The van der Waals surface area contributed by atoms with Crippen LogP contribution < -0.4 is 5.32 Å². The number of hydrogen-bond acceptors (Lipinski definition) is 3. The number of rotatable bonds is 9. The minimum absolute atomic E-state index is 0.759. The first-order valence-corrected chi connectivity index (χ1v) is 7.73. The summed E-state index contributed by atoms with van der Waals surface area (Å²) in [5.74, 6) is 1.82. The third kappa shape index (κ3) is 3.46. The molecule has 2 saturated carbocycles. The molecule has 0 aliphatic heterocycles. The zero-order valence-corrected chi connectivity index (χ0v) is 12.3. The van der Waals surface area contributed by atoms with E-state index in [2.05, 4.69) is 24.1 Å². The molecule has 0 heterocycles. The molecule has 0 aromatic heterocycles. The topological polar surface area (TPSA) is 24.5 Å². The molecule has 1 N–H and O–H groups in total. The first-order chi connectivity index (χ1) is 8.77. The maximum absolute atomic E-state index is 5.30. The monoisotopic (exact) mass is 254 g/mol. The van der Waals surface area contributed by atoms with Gasteiger partial charge in [-0.3, -0.25) is 4.90 Å². The molecule has 3 heteroatoms. The molecule has 0 bridgehead atoms. The Morgan fingerprint density at radius 1 is 1.28 bits per heavy atom. The van der Waals surface area contributed by atoms with Crippen LogP contribution in [0.1, 0.15) is 39.5 Å². The normalized spacial score (nSPS) is 29.3. The lowest BCUT2D eigenvalue weighted by atomic mass is 9.77. The summed E-state index contributed by atoms with van der Waals surface area (Å²) in [5.41, 5.74) is 0. The molecule has 3 atom stereocenters. The molecule has 2 aliphatic rings. The van der Waals surface area contributed by atoms with Crippen LogP contribution >= 0.6 is 0 Å². The van der Waals surface area contributed by atoms with Crippen LogP contribution in [0, 0.1) is 11.8 Å². The molecule has 3 unspecified atom stereocenters. The summed E-state index contributed by atoms with van der Waals surface area (Å²) in [4.78, 5) is 2.74. The summed E-state index contributed by atoms with van der Waals surface area (Å²) in [7, 11) is 1.82. The van der Waals surface area contributed by atoms with Crippen LogP contribution in [-0.2, 0) is 4.74 Å². The summed E-state index contributed by atoms with van der Waals surface area (Å²) in [6, 6.07) is 1.56. The number of ether oxygens (including phenoxy) is 1. The van der Waals surface area contributed by atoms with Crippen molar-refractivity contribution in [2.45, 2.75) is 51.6 Å². The van der Waals surface area contributed by atoms with E-state index in [9.17, 15) is 0 Å². The van der Waals surface area contributed by atoms with Gasteiger partial charge in [-0.1, -0.05) is 6.92 Å². The van der Waals surface area contributed by atoms with Gasteiger partial charge in [0.25, 0.3) is 0 Å². The van der Waals surface area contributed by atoms with E-state index in [0.29, 0.717) is 0 Å². The Morgan fingerprint density at radius 3 is 2.56 bits per heavy atom. The van der Waals surface area contributed by atoms with Crippen molar-refractivity contribution in [3.63, 3.8) is 0 Å². The smallest absolute Gasteiger partial charge is 0.0589 e. The molecular weight excluding hydrogens is 224 g/mol. The van der Waals surface area contributed by atoms with Gasteiger partial charge < -0.3 is 10.1 Å². The maximum atomic E-state index is 5.30. The molecule has 0 amide bonds. The van der Waals surface area contributed by atoms with E-state index in [-0.39, 0.29) is 0 Å². The van der Waals surface area contributed by atoms with Gasteiger partial charge >= 0.3 is 0 Å². The highest BCUT2D eigenvalue weighted by molar-refractivity contribution is 4.95. The van der Waals surface area contributed by atoms with E-state index in [0.717, 1.165) is 43.6 Å². The number of nitrogens with zero attached hydrogens (tertiary/aromatic N) is 1. The average molecular weight is 254 g/mol. The van der Waals surface area contributed by atoms with Crippen molar-refractivity contribution in [3.05, 3.63) is 0 Å². The van der Waals surface area contributed by atoms with Crippen molar-refractivity contribution in [2.24, 2.45) is 11.8 Å². The first-order valence-electron chi connectivity index (χ1n) is 7.73. The lowest BCUT2D eigenvalue weighted by molar-refractivity contribution is 0.00798. The Labute approximate surface area is 112 Å². The van der Waals surface area contributed by atoms with Gasteiger partial charge in [0.1, 0.15) is 0 Å². The van der Waals surface area contributed by atoms with Crippen molar-refractivity contribution in [2.75, 3.05) is 33.4 Å². The lowest BCUT2D eigenvalue weighted by Crippen LogP contribution is -2.55. The minimum atomic E-state index is 0.759.